The molecule has 1 unspecified atom stereocenters. The molecule has 0 radical (unpaired) electrons. The van der Waals surface area contributed by atoms with Gasteiger partial charge in [-0.25, -0.2) is 0 Å². The predicted octanol–water partition coefficient (Wildman–Crippen LogP) is 4.34. The Morgan fingerprint density at radius 3 is 2.89 bits per heavy atom. The number of ether oxygens (including phenoxy) is 1. The molecular weight excluding hydrogens is 384 g/mol. The number of nitrogens with zero attached hydrogens (tertiary/aromatic N) is 1. The lowest BCUT2D eigenvalue weighted by molar-refractivity contribution is -0.128. The third-order valence-corrected chi connectivity index (χ3v) is 5.56. The molecule has 0 spiro atoms. The molecule has 2 amide bonds. The van der Waals surface area contributed by atoms with Crippen LogP contribution in [0.25, 0.3) is 0 Å². The van der Waals surface area contributed by atoms with Crippen LogP contribution in [0, 0.1) is 0 Å². The Labute approximate surface area is 168 Å². The molecule has 1 N–H and O–H groups in total. The van der Waals surface area contributed by atoms with Crippen molar-refractivity contribution in [2.24, 2.45) is 0 Å². The number of anilines is 1. The molecule has 2 aromatic rings. The van der Waals surface area contributed by atoms with Crippen LogP contribution in [0.2, 0.25) is 5.02 Å². The molecule has 1 aliphatic heterocycles. The second-order valence-corrected chi connectivity index (χ2v) is 7.72. The van der Waals surface area contributed by atoms with Gasteiger partial charge in [-0.3, -0.25) is 9.59 Å². The molecule has 1 saturated heterocycles. The minimum atomic E-state index is -0.121. The first-order chi connectivity index (χ1) is 13.0. The zero-order valence-corrected chi connectivity index (χ0v) is 16.6. The molecular formula is C20H21ClN2O3S. The number of rotatable bonds is 7. The van der Waals surface area contributed by atoms with E-state index in [2.05, 4.69) is 5.32 Å². The molecule has 142 valence electrons. The van der Waals surface area contributed by atoms with Gasteiger partial charge in [0.1, 0.15) is 11.1 Å². The average molecular weight is 405 g/mol. The molecule has 7 heteroatoms. The first-order valence-electron chi connectivity index (χ1n) is 8.70. The molecule has 1 fully saturated rings. The summed E-state index contributed by atoms with van der Waals surface area (Å²) in [6.45, 7) is 2.57. The van der Waals surface area contributed by atoms with Crippen molar-refractivity contribution in [1.82, 2.24) is 4.90 Å². The Bertz CT molecular complexity index is 830. The first-order valence-corrected chi connectivity index (χ1v) is 10.1. The SMILES string of the molecule is CC(=O)Nc1cccc(OCCCN2C(=O)CSC2c2cccc(Cl)c2)c1. The molecule has 0 aliphatic carbocycles. The highest BCUT2D eigenvalue weighted by molar-refractivity contribution is 8.00. The summed E-state index contributed by atoms with van der Waals surface area (Å²) in [6.07, 6.45) is 0.716. The van der Waals surface area contributed by atoms with Crippen molar-refractivity contribution in [1.29, 1.82) is 0 Å². The molecule has 27 heavy (non-hydrogen) atoms. The molecule has 0 aromatic heterocycles. The van der Waals surface area contributed by atoms with E-state index in [1.165, 1.54) is 6.92 Å². The van der Waals surface area contributed by atoms with Gasteiger partial charge in [-0.2, -0.15) is 0 Å². The van der Waals surface area contributed by atoms with Crippen LogP contribution in [0.15, 0.2) is 48.5 Å². The van der Waals surface area contributed by atoms with Crippen molar-refractivity contribution in [3.05, 3.63) is 59.1 Å². The van der Waals surface area contributed by atoms with Crippen molar-refractivity contribution in [3.63, 3.8) is 0 Å². The van der Waals surface area contributed by atoms with Crippen molar-refractivity contribution >= 4 is 40.9 Å². The summed E-state index contributed by atoms with van der Waals surface area (Å²) >= 11 is 7.71. The van der Waals surface area contributed by atoms with Gasteiger partial charge in [0.25, 0.3) is 0 Å². The fourth-order valence-corrected chi connectivity index (χ4v) is 4.33. The van der Waals surface area contributed by atoms with E-state index >= 15 is 0 Å². The molecule has 2 aromatic carbocycles. The highest BCUT2D eigenvalue weighted by Gasteiger charge is 2.32. The van der Waals surface area contributed by atoms with Gasteiger partial charge in [0.05, 0.1) is 12.4 Å². The van der Waals surface area contributed by atoms with E-state index in [0.717, 1.165) is 5.56 Å². The fourth-order valence-electron chi connectivity index (χ4n) is 2.92. The summed E-state index contributed by atoms with van der Waals surface area (Å²) in [5.41, 5.74) is 1.74. The topological polar surface area (TPSA) is 58.6 Å². The van der Waals surface area contributed by atoms with Crippen molar-refractivity contribution in [3.8, 4) is 5.75 Å². The van der Waals surface area contributed by atoms with E-state index in [0.29, 0.717) is 41.8 Å². The maximum Gasteiger partial charge on any atom is 0.233 e. The number of benzene rings is 2. The van der Waals surface area contributed by atoms with Crippen LogP contribution in [0.3, 0.4) is 0 Å². The maximum atomic E-state index is 12.2. The second-order valence-electron chi connectivity index (χ2n) is 6.22. The predicted molar refractivity (Wildman–Crippen MR) is 109 cm³/mol. The highest BCUT2D eigenvalue weighted by atomic mass is 35.5. The van der Waals surface area contributed by atoms with E-state index in [9.17, 15) is 9.59 Å². The lowest BCUT2D eigenvalue weighted by atomic mass is 10.2. The summed E-state index contributed by atoms with van der Waals surface area (Å²) in [6, 6.07) is 14.9. The Hall–Kier alpha value is -2.18. The Kier molecular flexibility index (Phi) is 6.63. The van der Waals surface area contributed by atoms with E-state index in [1.807, 2.05) is 47.4 Å². The molecule has 1 heterocycles. The second kappa shape index (κ2) is 9.15. The number of carbonyl (C=O) groups is 2. The first kappa shape index (κ1) is 19.6. The lowest BCUT2D eigenvalue weighted by Crippen LogP contribution is -2.30. The molecule has 1 atom stereocenters. The minimum absolute atomic E-state index is 0.000653. The van der Waals surface area contributed by atoms with Crippen molar-refractivity contribution in [2.45, 2.75) is 18.7 Å². The van der Waals surface area contributed by atoms with Gasteiger partial charge in [-0.05, 0) is 36.2 Å². The lowest BCUT2D eigenvalue weighted by Gasteiger charge is -2.24. The molecule has 1 aliphatic rings. The maximum absolute atomic E-state index is 12.2. The zero-order valence-electron chi connectivity index (χ0n) is 15.0. The van der Waals surface area contributed by atoms with Crippen LogP contribution >= 0.6 is 23.4 Å². The van der Waals surface area contributed by atoms with Gasteiger partial charge in [0, 0.05) is 30.2 Å². The van der Waals surface area contributed by atoms with Crippen LogP contribution in [-0.2, 0) is 9.59 Å². The molecule has 5 nitrogen and oxygen atoms in total. The smallest absolute Gasteiger partial charge is 0.233 e. The Morgan fingerprint density at radius 1 is 1.30 bits per heavy atom. The number of nitrogens with one attached hydrogen (secondary N) is 1. The van der Waals surface area contributed by atoms with Crippen LogP contribution in [0.5, 0.6) is 5.75 Å². The fraction of sp³-hybridized carbons (Fsp3) is 0.300. The summed E-state index contributed by atoms with van der Waals surface area (Å²) in [5.74, 6) is 1.19. The van der Waals surface area contributed by atoms with Gasteiger partial charge in [0.2, 0.25) is 11.8 Å². The van der Waals surface area contributed by atoms with Gasteiger partial charge in [-0.1, -0.05) is 29.8 Å². The quantitative estimate of drug-likeness (QED) is 0.697. The average Bonchev–Trinajstić information content (AvgIpc) is 2.99. The van der Waals surface area contributed by atoms with E-state index in [-0.39, 0.29) is 17.2 Å². The van der Waals surface area contributed by atoms with E-state index in [4.69, 9.17) is 16.3 Å². The Morgan fingerprint density at radius 2 is 2.11 bits per heavy atom. The van der Waals surface area contributed by atoms with Gasteiger partial charge in [0.15, 0.2) is 0 Å². The number of thioether (sulfide) groups is 1. The zero-order chi connectivity index (χ0) is 19.2. The third kappa shape index (κ3) is 5.40. The number of amides is 2. The largest absolute Gasteiger partial charge is 0.493 e. The Balaban J connectivity index is 1.53. The molecule has 0 saturated carbocycles. The van der Waals surface area contributed by atoms with Gasteiger partial charge in [-0.15, -0.1) is 11.8 Å². The highest BCUT2D eigenvalue weighted by Crippen LogP contribution is 2.39. The standard InChI is InChI=1S/C20H21ClN2O3S/c1-14(24)22-17-7-3-8-18(12-17)26-10-4-9-23-19(25)13-27-20(23)15-5-2-6-16(21)11-15/h2-3,5-8,11-12,20H,4,9-10,13H2,1H3,(H,22,24). The number of halogens is 1. The molecule has 0 bridgehead atoms. The normalized spacial score (nSPS) is 16.4. The monoisotopic (exact) mass is 404 g/mol. The summed E-state index contributed by atoms with van der Waals surface area (Å²) in [7, 11) is 0. The molecule has 3 rings (SSSR count). The van der Waals surface area contributed by atoms with Crippen molar-refractivity contribution in [2.75, 3.05) is 24.2 Å². The van der Waals surface area contributed by atoms with Crippen LogP contribution in [0.1, 0.15) is 24.3 Å². The van der Waals surface area contributed by atoms with Crippen molar-refractivity contribution < 1.29 is 14.3 Å². The van der Waals surface area contributed by atoms with Gasteiger partial charge >= 0.3 is 0 Å². The van der Waals surface area contributed by atoms with E-state index in [1.54, 1.807) is 17.8 Å². The van der Waals surface area contributed by atoms with Gasteiger partial charge < -0.3 is 15.0 Å². The summed E-state index contributed by atoms with van der Waals surface area (Å²) < 4.78 is 5.77. The van der Waals surface area contributed by atoms with Crippen LogP contribution in [0.4, 0.5) is 5.69 Å². The van der Waals surface area contributed by atoms with Crippen LogP contribution in [-0.4, -0.2) is 35.6 Å². The van der Waals surface area contributed by atoms with Crippen LogP contribution < -0.4 is 10.1 Å². The number of carbonyl (C=O) groups excluding carboxylic acids is 2. The number of hydrogen-bond donors (Lipinski definition) is 1. The minimum Gasteiger partial charge on any atom is -0.493 e. The van der Waals surface area contributed by atoms with E-state index < -0.39 is 0 Å². The summed E-state index contributed by atoms with van der Waals surface area (Å²) in [4.78, 5) is 25.3. The summed E-state index contributed by atoms with van der Waals surface area (Å²) in [5, 5.41) is 3.40. The third-order valence-electron chi connectivity index (χ3n) is 4.07. The number of hydrogen-bond acceptors (Lipinski definition) is 4.